The Balaban J connectivity index is 3.10. The number of carbonyl (C=O) groups is 1. The van der Waals surface area contributed by atoms with Crippen molar-refractivity contribution in [3.63, 3.8) is 0 Å². The monoisotopic (exact) mass is 238 g/mol. The number of hydrogen-bond acceptors (Lipinski definition) is 3. The Bertz CT molecular complexity index is 475. The lowest BCUT2D eigenvalue weighted by Gasteiger charge is -2.33. The second-order valence-corrected chi connectivity index (χ2v) is 4.90. The van der Waals surface area contributed by atoms with Crippen LogP contribution in [0.3, 0.4) is 0 Å². The number of hydrogen-bond donors (Lipinski definition) is 1. The molecule has 0 bridgehead atoms. The van der Waals surface area contributed by atoms with Gasteiger partial charge in [-0.2, -0.15) is 0 Å². The largest absolute Gasteiger partial charge is 0.478 e. The van der Waals surface area contributed by atoms with E-state index in [0.717, 1.165) is 0 Å². The molecule has 0 aliphatic heterocycles. The quantitative estimate of drug-likeness (QED) is 0.846. The highest BCUT2D eigenvalue weighted by molar-refractivity contribution is 5.87. The van der Waals surface area contributed by atoms with Gasteiger partial charge in [0.2, 0.25) is 0 Å². The first-order valence-corrected chi connectivity index (χ1v) is 5.35. The molecule has 0 fully saturated rings. The van der Waals surface area contributed by atoms with E-state index in [1.54, 1.807) is 0 Å². The normalized spacial score (nSPS) is 11.8. The molecule has 5 heteroatoms. The molecule has 0 atom stereocenters. The van der Waals surface area contributed by atoms with Crippen LogP contribution in [0.25, 0.3) is 0 Å². The van der Waals surface area contributed by atoms with Crippen molar-refractivity contribution < 1.29 is 9.90 Å². The lowest BCUT2D eigenvalue weighted by atomic mass is 10.0. The zero-order valence-electron chi connectivity index (χ0n) is 10.6. The van der Waals surface area contributed by atoms with Crippen molar-refractivity contribution in [2.75, 3.05) is 14.1 Å². The fraction of sp³-hybridized carbons (Fsp3) is 0.500. The Hall–Kier alpha value is -1.62. The number of pyridine rings is 1. The molecule has 1 rings (SSSR count). The van der Waals surface area contributed by atoms with E-state index >= 15 is 0 Å². The molecule has 0 saturated heterocycles. The minimum absolute atomic E-state index is 0.124. The number of carboxylic acids is 1. The summed E-state index contributed by atoms with van der Waals surface area (Å²) in [4.78, 5) is 24.5. The molecule has 0 saturated carbocycles. The van der Waals surface area contributed by atoms with Crippen LogP contribution in [0.4, 0.5) is 0 Å². The molecule has 17 heavy (non-hydrogen) atoms. The van der Waals surface area contributed by atoms with Crippen LogP contribution < -0.4 is 5.56 Å². The van der Waals surface area contributed by atoms with Gasteiger partial charge in [0.15, 0.2) is 0 Å². The average molecular weight is 238 g/mol. The molecule has 1 N–H and O–H groups in total. The van der Waals surface area contributed by atoms with Gasteiger partial charge in [-0.1, -0.05) is 0 Å². The molecule has 0 aliphatic rings. The number of carboxylic acid groups (broad SMARTS) is 1. The molecule has 0 radical (unpaired) electrons. The second kappa shape index (κ2) is 4.71. The van der Waals surface area contributed by atoms with Crippen LogP contribution in [0.2, 0.25) is 0 Å². The molecule has 94 valence electrons. The zero-order chi connectivity index (χ0) is 13.2. The molecule has 0 aliphatic carbocycles. The number of likely N-dealkylation sites (N-methyl/N-ethyl adjacent to an activating group) is 1. The van der Waals surface area contributed by atoms with E-state index in [0.29, 0.717) is 6.54 Å². The van der Waals surface area contributed by atoms with Crippen molar-refractivity contribution in [1.29, 1.82) is 0 Å². The van der Waals surface area contributed by atoms with Crippen molar-refractivity contribution in [1.82, 2.24) is 9.47 Å². The van der Waals surface area contributed by atoms with Crippen LogP contribution in [0, 0.1) is 0 Å². The smallest absolute Gasteiger partial charge is 0.337 e. The lowest BCUT2D eigenvalue weighted by molar-refractivity contribution is 0.0695. The van der Waals surface area contributed by atoms with Gasteiger partial charge in [0.1, 0.15) is 0 Å². The van der Waals surface area contributed by atoms with E-state index < -0.39 is 5.97 Å². The summed E-state index contributed by atoms with van der Waals surface area (Å²) in [6.07, 6.45) is 1.38. The molecular formula is C12H18N2O3. The van der Waals surface area contributed by atoms with Crippen molar-refractivity contribution in [3.8, 4) is 0 Å². The van der Waals surface area contributed by atoms with Gasteiger partial charge in [0.25, 0.3) is 5.56 Å². The number of aromatic nitrogens is 1. The lowest BCUT2D eigenvalue weighted by Crippen LogP contribution is -2.44. The average Bonchev–Trinajstić information content (AvgIpc) is 2.20. The number of aromatic carboxylic acids is 1. The summed E-state index contributed by atoms with van der Waals surface area (Å²) in [5.41, 5.74) is -0.287. The molecule has 1 aromatic heterocycles. The first-order chi connectivity index (χ1) is 7.74. The predicted molar refractivity (Wildman–Crippen MR) is 65.4 cm³/mol. The molecule has 1 aromatic rings. The van der Waals surface area contributed by atoms with E-state index in [4.69, 9.17) is 5.11 Å². The minimum atomic E-state index is -1.03. The SMILES string of the molecule is CN(C)C(C)(C)Cn1cc(C(=O)O)ccc1=O. The Morgan fingerprint density at radius 3 is 2.47 bits per heavy atom. The van der Waals surface area contributed by atoms with E-state index in [-0.39, 0.29) is 16.7 Å². The molecular weight excluding hydrogens is 220 g/mol. The molecule has 0 amide bonds. The van der Waals surface area contributed by atoms with E-state index in [2.05, 4.69) is 0 Å². The third-order valence-electron chi connectivity index (χ3n) is 3.00. The second-order valence-electron chi connectivity index (χ2n) is 4.90. The third kappa shape index (κ3) is 3.17. The summed E-state index contributed by atoms with van der Waals surface area (Å²) < 4.78 is 1.43. The van der Waals surface area contributed by atoms with Crippen molar-refractivity contribution >= 4 is 5.97 Å². The van der Waals surface area contributed by atoms with Gasteiger partial charge >= 0.3 is 5.97 Å². The van der Waals surface area contributed by atoms with Gasteiger partial charge in [0, 0.05) is 24.3 Å². The number of rotatable bonds is 4. The summed E-state index contributed by atoms with van der Waals surface area (Å²) in [7, 11) is 3.85. The molecule has 0 unspecified atom stereocenters. The van der Waals surface area contributed by atoms with Crippen LogP contribution in [0.1, 0.15) is 24.2 Å². The predicted octanol–water partition coefficient (Wildman–Crippen LogP) is 0.887. The Labute approximate surface area is 100 Å². The minimum Gasteiger partial charge on any atom is -0.478 e. The fourth-order valence-corrected chi connectivity index (χ4v) is 1.34. The van der Waals surface area contributed by atoms with Crippen molar-refractivity contribution in [3.05, 3.63) is 34.2 Å². The maximum absolute atomic E-state index is 11.6. The standard InChI is InChI=1S/C12H18N2O3/c1-12(2,13(3)4)8-14-7-9(11(16)17)5-6-10(14)15/h5-7H,8H2,1-4H3,(H,16,17). The molecule has 0 aromatic carbocycles. The van der Waals surface area contributed by atoms with Gasteiger partial charge in [-0.3, -0.25) is 4.79 Å². The molecule has 1 heterocycles. The maximum Gasteiger partial charge on any atom is 0.337 e. The van der Waals surface area contributed by atoms with Crippen molar-refractivity contribution in [2.45, 2.75) is 25.9 Å². The summed E-state index contributed by atoms with van der Waals surface area (Å²) in [5.74, 6) is -1.03. The highest BCUT2D eigenvalue weighted by Crippen LogP contribution is 2.12. The topological polar surface area (TPSA) is 62.5 Å². The summed E-state index contributed by atoms with van der Waals surface area (Å²) in [6, 6.07) is 2.61. The van der Waals surface area contributed by atoms with Gasteiger partial charge in [-0.25, -0.2) is 4.79 Å². The van der Waals surface area contributed by atoms with Crippen LogP contribution in [-0.4, -0.2) is 40.2 Å². The summed E-state index contributed by atoms with van der Waals surface area (Å²) in [5, 5.41) is 8.88. The van der Waals surface area contributed by atoms with Crippen LogP contribution in [0.15, 0.2) is 23.1 Å². The highest BCUT2D eigenvalue weighted by Gasteiger charge is 2.21. The van der Waals surface area contributed by atoms with Gasteiger partial charge < -0.3 is 14.6 Å². The molecule has 5 nitrogen and oxygen atoms in total. The summed E-state index contributed by atoms with van der Waals surface area (Å²) in [6.45, 7) is 4.43. The fourth-order valence-electron chi connectivity index (χ4n) is 1.34. The van der Waals surface area contributed by atoms with E-state index in [1.165, 1.54) is 22.9 Å². The van der Waals surface area contributed by atoms with Crippen LogP contribution >= 0.6 is 0 Å². The van der Waals surface area contributed by atoms with Gasteiger partial charge in [-0.15, -0.1) is 0 Å². The first kappa shape index (κ1) is 13.4. The van der Waals surface area contributed by atoms with Crippen LogP contribution in [-0.2, 0) is 6.54 Å². The van der Waals surface area contributed by atoms with Gasteiger partial charge in [-0.05, 0) is 34.0 Å². The Morgan fingerprint density at radius 2 is 2.00 bits per heavy atom. The zero-order valence-corrected chi connectivity index (χ0v) is 10.6. The molecule has 0 spiro atoms. The highest BCUT2D eigenvalue weighted by atomic mass is 16.4. The van der Waals surface area contributed by atoms with E-state index in [1.807, 2.05) is 32.8 Å². The van der Waals surface area contributed by atoms with Crippen LogP contribution in [0.5, 0.6) is 0 Å². The Morgan fingerprint density at radius 1 is 1.41 bits per heavy atom. The van der Waals surface area contributed by atoms with Crippen molar-refractivity contribution in [2.24, 2.45) is 0 Å². The third-order valence-corrected chi connectivity index (χ3v) is 3.00. The first-order valence-electron chi connectivity index (χ1n) is 5.35. The van der Waals surface area contributed by atoms with Gasteiger partial charge in [0.05, 0.1) is 5.56 Å². The summed E-state index contributed by atoms with van der Waals surface area (Å²) >= 11 is 0. The Kier molecular flexibility index (Phi) is 3.72. The maximum atomic E-state index is 11.6. The van der Waals surface area contributed by atoms with E-state index in [9.17, 15) is 9.59 Å². The number of nitrogens with zero attached hydrogens (tertiary/aromatic N) is 2.